The quantitative estimate of drug-likeness (QED) is 0.758. The van der Waals surface area contributed by atoms with E-state index in [1.54, 1.807) is 7.11 Å². The van der Waals surface area contributed by atoms with Crippen LogP contribution in [0.4, 0.5) is 0 Å². The van der Waals surface area contributed by atoms with E-state index < -0.39 is 15.4 Å². The highest BCUT2D eigenvalue weighted by Crippen LogP contribution is 2.28. The topological polar surface area (TPSA) is 78.6 Å². The van der Waals surface area contributed by atoms with Gasteiger partial charge in [-0.2, -0.15) is 0 Å². The minimum Gasteiger partial charge on any atom is -0.497 e. The van der Waals surface area contributed by atoms with Gasteiger partial charge >= 0.3 is 0 Å². The van der Waals surface area contributed by atoms with Crippen molar-refractivity contribution in [1.29, 1.82) is 0 Å². The van der Waals surface area contributed by atoms with E-state index >= 15 is 0 Å². The largest absolute Gasteiger partial charge is 0.497 e. The van der Waals surface area contributed by atoms with Crippen molar-refractivity contribution in [3.05, 3.63) is 29.8 Å². The predicted octanol–water partition coefficient (Wildman–Crippen LogP) is 2.31. The molecule has 5 nitrogen and oxygen atoms in total. The molecule has 6 heteroatoms. The molecule has 0 bridgehead atoms. The van der Waals surface area contributed by atoms with Crippen LogP contribution in [0.15, 0.2) is 24.3 Å². The molecule has 0 saturated heterocycles. The zero-order chi connectivity index (χ0) is 15.9. The van der Waals surface area contributed by atoms with Crippen molar-refractivity contribution in [2.24, 2.45) is 10.6 Å². The van der Waals surface area contributed by atoms with E-state index in [0.29, 0.717) is 26.1 Å². The second-order valence-electron chi connectivity index (χ2n) is 5.36. The normalized spacial score (nSPS) is 12.4. The highest BCUT2D eigenvalue weighted by atomic mass is 32.2. The Balaban J connectivity index is 2.60. The van der Waals surface area contributed by atoms with Crippen LogP contribution in [0.5, 0.6) is 5.75 Å². The van der Waals surface area contributed by atoms with Gasteiger partial charge in [-0.15, -0.1) is 0 Å². The standard InChI is InChI=1S/C15H25NO4S/c1-4-15(5-2,12-21(16,17)18)11-20-10-13-6-8-14(19-3)9-7-13/h6-9H,4-5,10-12H2,1-3H3,(H2,16,17,18). The monoisotopic (exact) mass is 315 g/mol. The molecule has 1 aromatic carbocycles. The van der Waals surface area contributed by atoms with Crippen LogP contribution in [0.25, 0.3) is 0 Å². The molecule has 0 unspecified atom stereocenters. The molecule has 0 spiro atoms. The van der Waals surface area contributed by atoms with Crippen molar-refractivity contribution < 1.29 is 17.9 Å². The first-order chi connectivity index (χ1) is 9.84. The summed E-state index contributed by atoms with van der Waals surface area (Å²) >= 11 is 0. The van der Waals surface area contributed by atoms with Crippen LogP contribution in [-0.4, -0.2) is 27.9 Å². The molecule has 0 atom stereocenters. The molecule has 0 aromatic heterocycles. The highest BCUT2D eigenvalue weighted by molar-refractivity contribution is 7.89. The Morgan fingerprint density at radius 1 is 1.14 bits per heavy atom. The first kappa shape index (κ1) is 17.9. The summed E-state index contributed by atoms with van der Waals surface area (Å²) in [5.41, 5.74) is 0.604. The summed E-state index contributed by atoms with van der Waals surface area (Å²) in [5.74, 6) is 0.750. The van der Waals surface area contributed by atoms with Crippen LogP contribution in [0.3, 0.4) is 0 Å². The lowest BCUT2D eigenvalue weighted by molar-refractivity contribution is 0.0397. The van der Waals surface area contributed by atoms with Gasteiger partial charge in [-0.1, -0.05) is 26.0 Å². The first-order valence-corrected chi connectivity index (χ1v) is 8.77. The fourth-order valence-electron chi connectivity index (χ4n) is 2.23. The second kappa shape index (κ2) is 7.77. The number of ether oxygens (including phenoxy) is 2. The molecular formula is C15H25NO4S. The lowest BCUT2D eigenvalue weighted by Crippen LogP contribution is -2.36. The molecule has 2 N–H and O–H groups in total. The van der Waals surface area contributed by atoms with Gasteiger partial charge in [0.25, 0.3) is 0 Å². The molecule has 0 fully saturated rings. The van der Waals surface area contributed by atoms with E-state index in [9.17, 15) is 8.42 Å². The third kappa shape index (κ3) is 6.03. The third-order valence-corrected chi connectivity index (χ3v) is 4.86. The minimum absolute atomic E-state index is 0.0460. The number of methoxy groups -OCH3 is 1. The van der Waals surface area contributed by atoms with E-state index in [1.165, 1.54) is 0 Å². The molecule has 0 radical (unpaired) electrons. The van der Waals surface area contributed by atoms with Crippen LogP contribution in [-0.2, 0) is 21.4 Å². The molecule has 21 heavy (non-hydrogen) atoms. The Morgan fingerprint density at radius 2 is 1.71 bits per heavy atom. The first-order valence-electron chi connectivity index (χ1n) is 7.05. The number of hydrogen-bond donors (Lipinski definition) is 1. The smallest absolute Gasteiger partial charge is 0.209 e. The molecule has 1 aromatic rings. The summed E-state index contributed by atoms with van der Waals surface area (Å²) < 4.78 is 33.6. The second-order valence-corrected chi connectivity index (χ2v) is 6.97. The van der Waals surface area contributed by atoms with E-state index in [-0.39, 0.29) is 5.75 Å². The van der Waals surface area contributed by atoms with Crippen LogP contribution in [0, 0.1) is 5.41 Å². The predicted molar refractivity (Wildman–Crippen MR) is 83.6 cm³/mol. The summed E-state index contributed by atoms with van der Waals surface area (Å²) in [5, 5.41) is 5.19. The average Bonchev–Trinajstić information content (AvgIpc) is 2.45. The Bertz CT molecular complexity index is 521. The van der Waals surface area contributed by atoms with Crippen molar-refractivity contribution in [3.8, 4) is 5.75 Å². The van der Waals surface area contributed by atoms with E-state index in [4.69, 9.17) is 14.6 Å². The van der Waals surface area contributed by atoms with Gasteiger partial charge in [0, 0.05) is 5.41 Å². The fourth-order valence-corrected chi connectivity index (χ4v) is 3.58. The van der Waals surface area contributed by atoms with Crippen LogP contribution >= 0.6 is 0 Å². The number of hydrogen-bond acceptors (Lipinski definition) is 4. The summed E-state index contributed by atoms with van der Waals surface area (Å²) in [6.07, 6.45) is 1.42. The summed E-state index contributed by atoms with van der Waals surface area (Å²) in [6.45, 7) is 4.75. The molecule has 0 aliphatic heterocycles. The molecular weight excluding hydrogens is 290 g/mol. The van der Waals surface area contributed by atoms with Gasteiger partial charge in [0.15, 0.2) is 0 Å². The Labute approximate surface area is 127 Å². The maximum atomic E-state index is 11.4. The SMILES string of the molecule is CCC(CC)(COCc1ccc(OC)cc1)CS(N)(=O)=O. The highest BCUT2D eigenvalue weighted by Gasteiger charge is 2.31. The summed E-state index contributed by atoms with van der Waals surface area (Å²) in [6, 6.07) is 7.60. The molecule has 0 heterocycles. The summed E-state index contributed by atoms with van der Waals surface area (Å²) in [7, 11) is -1.89. The third-order valence-electron chi connectivity index (χ3n) is 3.84. The maximum absolute atomic E-state index is 11.4. The van der Waals surface area contributed by atoms with Gasteiger partial charge in [0.05, 0.1) is 26.1 Å². The van der Waals surface area contributed by atoms with Gasteiger partial charge in [-0.3, -0.25) is 0 Å². The minimum atomic E-state index is -3.51. The van der Waals surface area contributed by atoms with Crippen molar-refractivity contribution in [2.45, 2.75) is 33.3 Å². The molecule has 120 valence electrons. The van der Waals surface area contributed by atoms with Crippen LogP contribution in [0.2, 0.25) is 0 Å². The lowest BCUT2D eigenvalue weighted by atomic mass is 9.85. The fraction of sp³-hybridized carbons (Fsp3) is 0.600. The van der Waals surface area contributed by atoms with Crippen molar-refractivity contribution >= 4 is 10.0 Å². The number of nitrogens with two attached hydrogens (primary N) is 1. The molecule has 1 rings (SSSR count). The zero-order valence-electron chi connectivity index (χ0n) is 13.0. The summed E-state index contributed by atoms with van der Waals surface area (Å²) in [4.78, 5) is 0. The van der Waals surface area contributed by atoms with Crippen molar-refractivity contribution in [3.63, 3.8) is 0 Å². The van der Waals surface area contributed by atoms with Gasteiger partial charge < -0.3 is 9.47 Å². The Kier molecular flexibility index (Phi) is 6.64. The lowest BCUT2D eigenvalue weighted by Gasteiger charge is -2.30. The maximum Gasteiger partial charge on any atom is 0.209 e. The van der Waals surface area contributed by atoms with Gasteiger partial charge in [0.2, 0.25) is 10.0 Å². The number of rotatable bonds is 9. The average molecular weight is 315 g/mol. The van der Waals surface area contributed by atoms with Crippen LogP contribution in [0.1, 0.15) is 32.3 Å². The Hall–Kier alpha value is -1.11. The van der Waals surface area contributed by atoms with E-state index in [0.717, 1.165) is 11.3 Å². The van der Waals surface area contributed by atoms with Gasteiger partial charge in [0.1, 0.15) is 5.75 Å². The van der Waals surface area contributed by atoms with E-state index in [1.807, 2.05) is 38.1 Å². The number of benzene rings is 1. The van der Waals surface area contributed by atoms with Crippen molar-refractivity contribution in [2.75, 3.05) is 19.5 Å². The number of primary sulfonamides is 1. The molecule has 0 aliphatic carbocycles. The van der Waals surface area contributed by atoms with Crippen molar-refractivity contribution in [1.82, 2.24) is 0 Å². The van der Waals surface area contributed by atoms with Crippen LogP contribution < -0.4 is 9.88 Å². The van der Waals surface area contributed by atoms with E-state index in [2.05, 4.69) is 0 Å². The molecule has 0 amide bonds. The Morgan fingerprint density at radius 3 is 2.14 bits per heavy atom. The van der Waals surface area contributed by atoms with Gasteiger partial charge in [-0.05, 0) is 30.5 Å². The molecule has 0 aliphatic rings. The zero-order valence-corrected chi connectivity index (χ0v) is 13.8. The number of sulfonamides is 1. The molecule has 0 saturated carbocycles. The van der Waals surface area contributed by atoms with Gasteiger partial charge in [-0.25, -0.2) is 13.6 Å².